The zero-order valence-electron chi connectivity index (χ0n) is 10.4. The third-order valence-corrected chi connectivity index (χ3v) is 2.61. The molecule has 4 heteroatoms. The summed E-state index contributed by atoms with van der Waals surface area (Å²) in [6.07, 6.45) is 0. The molecule has 4 nitrogen and oxygen atoms in total. The predicted octanol–water partition coefficient (Wildman–Crippen LogP) is 2.82. The minimum atomic E-state index is -0.259. The van der Waals surface area contributed by atoms with Crippen molar-refractivity contribution < 1.29 is 9.53 Å². The number of benzene rings is 2. The Kier molecular flexibility index (Phi) is 3.79. The van der Waals surface area contributed by atoms with Gasteiger partial charge in [0.05, 0.1) is 12.7 Å². The summed E-state index contributed by atoms with van der Waals surface area (Å²) in [7, 11) is 1.49. The minimum absolute atomic E-state index is 0.259. The molecule has 0 bridgehead atoms. The number of ether oxygens (including phenoxy) is 1. The molecule has 0 spiro atoms. The summed E-state index contributed by atoms with van der Waals surface area (Å²) in [5.74, 6) is 0.198. The van der Waals surface area contributed by atoms with Crippen LogP contribution in [-0.4, -0.2) is 13.0 Å². The molecular formula is C15H12N2O2. The number of methoxy groups -OCH3 is 1. The summed E-state index contributed by atoms with van der Waals surface area (Å²) in [5.41, 5.74) is 1.46. The van der Waals surface area contributed by atoms with Crippen LogP contribution in [0.15, 0.2) is 48.5 Å². The van der Waals surface area contributed by atoms with Crippen LogP contribution in [0, 0.1) is 11.3 Å². The molecule has 1 N–H and O–H groups in total. The van der Waals surface area contributed by atoms with Crippen LogP contribution in [0.2, 0.25) is 0 Å². The van der Waals surface area contributed by atoms with Gasteiger partial charge in [-0.1, -0.05) is 18.2 Å². The molecule has 0 radical (unpaired) electrons. The fraction of sp³-hybridized carbons (Fsp3) is 0.0667. The lowest BCUT2D eigenvalue weighted by Crippen LogP contribution is -2.12. The van der Waals surface area contributed by atoms with Gasteiger partial charge in [-0.2, -0.15) is 5.26 Å². The second kappa shape index (κ2) is 5.69. The van der Waals surface area contributed by atoms with E-state index in [4.69, 9.17) is 10.00 Å². The SMILES string of the molecule is COc1ccc(C(=O)Nc2ccccc2)cc1C#N. The average Bonchev–Trinajstić information content (AvgIpc) is 2.47. The number of carbonyl (C=O) groups is 1. The smallest absolute Gasteiger partial charge is 0.255 e. The minimum Gasteiger partial charge on any atom is -0.495 e. The molecule has 0 saturated heterocycles. The molecule has 2 rings (SSSR count). The molecule has 1 amide bonds. The fourth-order valence-corrected chi connectivity index (χ4v) is 1.66. The lowest BCUT2D eigenvalue weighted by Gasteiger charge is -2.07. The van der Waals surface area contributed by atoms with E-state index in [1.54, 1.807) is 24.3 Å². The molecule has 0 aliphatic carbocycles. The van der Waals surface area contributed by atoms with E-state index < -0.39 is 0 Å². The summed E-state index contributed by atoms with van der Waals surface area (Å²) in [6.45, 7) is 0. The van der Waals surface area contributed by atoms with Crippen LogP contribution in [-0.2, 0) is 0 Å². The van der Waals surface area contributed by atoms with Crippen molar-refractivity contribution in [3.8, 4) is 11.8 Å². The van der Waals surface area contributed by atoms with E-state index in [0.29, 0.717) is 22.6 Å². The Labute approximate surface area is 111 Å². The Morgan fingerprint density at radius 1 is 1.21 bits per heavy atom. The largest absolute Gasteiger partial charge is 0.495 e. The van der Waals surface area contributed by atoms with E-state index in [1.807, 2.05) is 24.3 Å². The Hall–Kier alpha value is -2.80. The van der Waals surface area contributed by atoms with Crippen LogP contribution in [0.25, 0.3) is 0 Å². The van der Waals surface area contributed by atoms with E-state index in [0.717, 1.165) is 0 Å². The van der Waals surface area contributed by atoms with Crippen LogP contribution in [0.4, 0.5) is 5.69 Å². The van der Waals surface area contributed by atoms with Gasteiger partial charge < -0.3 is 10.1 Å². The lowest BCUT2D eigenvalue weighted by atomic mass is 10.1. The molecule has 19 heavy (non-hydrogen) atoms. The van der Waals surface area contributed by atoms with Gasteiger partial charge in [-0.15, -0.1) is 0 Å². The van der Waals surface area contributed by atoms with Crippen LogP contribution in [0.5, 0.6) is 5.75 Å². The molecular weight excluding hydrogens is 240 g/mol. The van der Waals surface area contributed by atoms with Gasteiger partial charge in [-0.05, 0) is 30.3 Å². The van der Waals surface area contributed by atoms with Crippen LogP contribution in [0.3, 0.4) is 0 Å². The van der Waals surface area contributed by atoms with Crippen molar-refractivity contribution in [1.29, 1.82) is 5.26 Å². The molecule has 2 aromatic carbocycles. The zero-order chi connectivity index (χ0) is 13.7. The van der Waals surface area contributed by atoms with Gasteiger partial charge in [0.15, 0.2) is 0 Å². The third-order valence-electron chi connectivity index (χ3n) is 2.61. The van der Waals surface area contributed by atoms with Gasteiger partial charge in [0.25, 0.3) is 5.91 Å². The first kappa shape index (κ1) is 12.7. The van der Waals surface area contributed by atoms with Crippen LogP contribution >= 0.6 is 0 Å². The molecule has 0 saturated carbocycles. The van der Waals surface area contributed by atoms with Crippen molar-refractivity contribution in [2.24, 2.45) is 0 Å². The number of nitrogens with zero attached hydrogens (tertiary/aromatic N) is 1. The standard InChI is InChI=1S/C15H12N2O2/c1-19-14-8-7-11(9-12(14)10-16)15(18)17-13-5-3-2-4-6-13/h2-9H,1H3,(H,17,18). The molecule has 94 valence electrons. The lowest BCUT2D eigenvalue weighted by molar-refractivity contribution is 0.102. The van der Waals surface area contributed by atoms with Crippen LogP contribution < -0.4 is 10.1 Å². The first-order valence-corrected chi connectivity index (χ1v) is 5.69. The van der Waals surface area contributed by atoms with Gasteiger partial charge in [0.1, 0.15) is 11.8 Å². The highest BCUT2D eigenvalue weighted by atomic mass is 16.5. The molecule has 0 fully saturated rings. The molecule has 0 aliphatic heterocycles. The zero-order valence-corrected chi connectivity index (χ0v) is 10.4. The number of amides is 1. The Morgan fingerprint density at radius 3 is 2.58 bits per heavy atom. The predicted molar refractivity (Wildman–Crippen MR) is 72.1 cm³/mol. The quantitative estimate of drug-likeness (QED) is 0.913. The first-order valence-electron chi connectivity index (χ1n) is 5.69. The van der Waals surface area contributed by atoms with Crippen LogP contribution in [0.1, 0.15) is 15.9 Å². The number of hydrogen-bond donors (Lipinski definition) is 1. The van der Waals surface area contributed by atoms with Crippen molar-refractivity contribution in [3.05, 3.63) is 59.7 Å². The average molecular weight is 252 g/mol. The number of para-hydroxylation sites is 1. The van der Waals surface area contributed by atoms with Crippen molar-refractivity contribution in [2.45, 2.75) is 0 Å². The van der Waals surface area contributed by atoms with Gasteiger partial charge in [0.2, 0.25) is 0 Å². The normalized spacial score (nSPS) is 9.47. The van der Waals surface area contributed by atoms with Crippen molar-refractivity contribution >= 4 is 11.6 Å². The maximum absolute atomic E-state index is 12.0. The van der Waals surface area contributed by atoms with Gasteiger partial charge >= 0.3 is 0 Å². The molecule has 2 aromatic rings. The van der Waals surface area contributed by atoms with E-state index in [-0.39, 0.29) is 5.91 Å². The maximum Gasteiger partial charge on any atom is 0.255 e. The summed E-state index contributed by atoms with van der Waals surface area (Å²) in [5, 5.41) is 11.7. The van der Waals surface area contributed by atoms with Gasteiger partial charge in [-0.25, -0.2) is 0 Å². The highest BCUT2D eigenvalue weighted by Crippen LogP contribution is 2.19. The molecule has 0 aliphatic rings. The summed E-state index contributed by atoms with van der Waals surface area (Å²) < 4.78 is 5.04. The Balaban J connectivity index is 2.23. The van der Waals surface area contributed by atoms with Gasteiger partial charge in [-0.3, -0.25) is 4.79 Å². The molecule has 0 aromatic heterocycles. The molecule has 0 unspecified atom stereocenters. The van der Waals surface area contributed by atoms with Crippen molar-refractivity contribution in [3.63, 3.8) is 0 Å². The second-order valence-electron chi connectivity index (χ2n) is 3.85. The third kappa shape index (κ3) is 2.90. The number of rotatable bonds is 3. The van der Waals surface area contributed by atoms with E-state index in [9.17, 15) is 4.79 Å². The number of hydrogen-bond acceptors (Lipinski definition) is 3. The number of anilines is 1. The molecule has 0 atom stereocenters. The van der Waals surface area contributed by atoms with Gasteiger partial charge in [0, 0.05) is 11.3 Å². The van der Waals surface area contributed by atoms with Crippen molar-refractivity contribution in [2.75, 3.05) is 12.4 Å². The number of nitrogens with one attached hydrogen (secondary N) is 1. The summed E-state index contributed by atoms with van der Waals surface area (Å²) in [4.78, 5) is 12.0. The monoisotopic (exact) mass is 252 g/mol. The second-order valence-corrected chi connectivity index (χ2v) is 3.85. The van der Waals surface area contributed by atoms with E-state index in [2.05, 4.69) is 5.32 Å². The first-order chi connectivity index (χ1) is 9.24. The Morgan fingerprint density at radius 2 is 1.95 bits per heavy atom. The topological polar surface area (TPSA) is 62.1 Å². The fourth-order valence-electron chi connectivity index (χ4n) is 1.66. The van der Waals surface area contributed by atoms with E-state index in [1.165, 1.54) is 13.2 Å². The summed E-state index contributed by atoms with van der Waals surface area (Å²) >= 11 is 0. The maximum atomic E-state index is 12.0. The summed E-state index contributed by atoms with van der Waals surface area (Å²) in [6, 6.07) is 15.9. The number of nitriles is 1. The highest BCUT2D eigenvalue weighted by Gasteiger charge is 2.10. The Bertz CT molecular complexity index is 630. The van der Waals surface area contributed by atoms with E-state index >= 15 is 0 Å². The highest BCUT2D eigenvalue weighted by molar-refractivity contribution is 6.04. The van der Waals surface area contributed by atoms with Crippen molar-refractivity contribution in [1.82, 2.24) is 0 Å². The number of carbonyl (C=O) groups excluding carboxylic acids is 1. The molecule has 0 heterocycles.